The van der Waals surface area contributed by atoms with Gasteiger partial charge < -0.3 is 15.0 Å². The number of hydrogen-bond acceptors (Lipinski definition) is 5. The molecule has 0 saturated carbocycles. The smallest absolute Gasteiger partial charge is 0.315 e. The molecule has 0 spiro atoms. The fourth-order valence-corrected chi connectivity index (χ4v) is 1.35. The monoisotopic (exact) mass is 233 g/mol. The Labute approximate surface area is 97.4 Å². The molecule has 6 nitrogen and oxygen atoms in total. The minimum Gasteiger partial charge on any atom is -0.497 e. The SMILES string of the molecule is COc1ccc(Cc2noc(C(N)=O)n2)cc1. The second kappa shape index (κ2) is 4.65. The summed E-state index contributed by atoms with van der Waals surface area (Å²) in [4.78, 5) is 14.6. The normalized spacial score (nSPS) is 10.2. The average Bonchev–Trinajstić information content (AvgIpc) is 2.79. The van der Waals surface area contributed by atoms with E-state index in [-0.39, 0.29) is 5.89 Å². The fourth-order valence-electron chi connectivity index (χ4n) is 1.35. The molecule has 0 aliphatic heterocycles. The van der Waals surface area contributed by atoms with Crippen LogP contribution in [0.4, 0.5) is 0 Å². The van der Waals surface area contributed by atoms with E-state index in [4.69, 9.17) is 10.5 Å². The summed E-state index contributed by atoms with van der Waals surface area (Å²) in [5, 5.41) is 3.66. The molecule has 0 saturated heterocycles. The lowest BCUT2D eigenvalue weighted by Crippen LogP contribution is -2.11. The number of carbonyl (C=O) groups excluding carboxylic acids is 1. The van der Waals surface area contributed by atoms with Crippen LogP contribution in [-0.4, -0.2) is 23.2 Å². The maximum atomic E-state index is 10.8. The molecule has 2 rings (SSSR count). The first-order valence-electron chi connectivity index (χ1n) is 4.94. The van der Waals surface area contributed by atoms with Crippen molar-refractivity contribution in [1.29, 1.82) is 0 Å². The first-order chi connectivity index (χ1) is 8.19. The van der Waals surface area contributed by atoms with Gasteiger partial charge in [0.25, 0.3) is 0 Å². The zero-order valence-electron chi connectivity index (χ0n) is 9.21. The van der Waals surface area contributed by atoms with Crippen LogP contribution in [0.3, 0.4) is 0 Å². The van der Waals surface area contributed by atoms with E-state index in [1.165, 1.54) is 0 Å². The van der Waals surface area contributed by atoms with E-state index in [0.717, 1.165) is 11.3 Å². The summed E-state index contributed by atoms with van der Waals surface area (Å²) in [5.74, 6) is 0.302. The summed E-state index contributed by atoms with van der Waals surface area (Å²) in [6, 6.07) is 7.45. The minimum absolute atomic E-state index is 0.173. The molecule has 6 heteroatoms. The number of amides is 1. The maximum absolute atomic E-state index is 10.8. The predicted octanol–water partition coefficient (Wildman–Crippen LogP) is 0.768. The molecule has 2 N–H and O–H groups in total. The van der Waals surface area contributed by atoms with Crippen molar-refractivity contribution in [3.05, 3.63) is 41.5 Å². The van der Waals surface area contributed by atoms with Gasteiger partial charge in [0.05, 0.1) is 7.11 Å². The number of carbonyl (C=O) groups is 1. The van der Waals surface area contributed by atoms with E-state index in [9.17, 15) is 4.79 Å². The molecular formula is C11H11N3O3. The first-order valence-corrected chi connectivity index (χ1v) is 4.94. The van der Waals surface area contributed by atoms with E-state index >= 15 is 0 Å². The third kappa shape index (κ3) is 2.60. The zero-order chi connectivity index (χ0) is 12.3. The van der Waals surface area contributed by atoms with Crippen LogP contribution < -0.4 is 10.5 Å². The van der Waals surface area contributed by atoms with Gasteiger partial charge in [-0.1, -0.05) is 17.3 Å². The van der Waals surface area contributed by atoms with Crippen molar-refractivity contribution in [1.82, 2.24) is 10.1 Å². The summed E-state index contributed by atoms with van der Waals surface area (Å²) < 4.78 is 9.73. The molecule has 1 heterocycles. The summed E-state index contributed by atoms with van der Waals surface area (Å²) in [7, 11) is 1.60. The quantitative estimate of drug-likeness (QED) is 0.842. The summed E-state index contributed by atoms with van der Waals surface area (Å²) >= 11 is 0. The Morgan fingerprint density at radius 1 is 1.41 bits per heavy atom. The second-order valence-corrected chi connectivity index (χ2v) is 3.40. The highest BCUT2D eigenvalue weighted by Gasteiger charge is 2.11. The first kappa shape index (κ1) is 11.1. The second-order valence-electron chi connectivity index (χ2n) is 3.40. The molecule has 1 amide bonds. The largest absolute Gasteiger partial charge is 0.497 e. The Morgan fingerprint density at radius 3 is 2.65 bits per heavy atom. The Balaban J connectivity index is 2.11. The van der Waals surface area contributed by atoms with Gasteiger partial charge in [-0.25, -0.2) is 0 Å². The van der Waals surface area contributed by atoms with Gasteiger partial charge in [-0.2, -0.15) is 4.98 Å². The van der Waals surface area contributed by atoms with E-state index < -0.39 is 5.91 Å². The lowest BCUT2D eigenvalue weighted by Gasteiger charge is -2.00. The maximum Gasteiger partial charge on any atom is 0.315 e. The fraction of sp³-hybridized carbons (Fsp3) is 0.182. The molecule has 2 aromatic rings. The number of ether oxygens (including phenoxy) is 1. The van der Waals surface area contributed by atoms with Crippen LogP contribution in [0.15, 0.2) is 28.8 Å². The predicted molar refractivity (Wildman–Crippen MR) is 58.6 cm³/mol. The number of methoxy groups -OCH3 is 1. The molecule has 0 radical (unpaired) electrons. The number of nitrogens with two attached hydrogens (primary N) is 1. The summed E-state index contributed by atoms with van der Waals surface area (Å²) in [6.07, 6.45) is 0.473. The molecule has 88 valence electrons. The highest BCUT2D eigenvalue weighted by Crippen LogP contribution is 2.13. The lowest BCUT2D eigenvalue weighted by molar-refractivity contribution is 0.0958. The van der Waals surface area contributed by atoms with Crippen molar-refractivity contribution in [2.75, 3.05) is 7.11 Å². The van der Waals surface area contributed by atoms with Crippen LogP contribution in [0.25, 0.3) is 0 Å². The van der Waals surface area contributed by atoms with Crippen LogP contribution >= 0.6 is 0 Å². The van der Waals surface area contributed by atoms with Crippen LogP contribution in [0.1, 0.15) is 22.1 Å². The number of hydrogen-bond donors (Lipinski definition) is 1. The van der Waals surface area contributed by atoms with Crippen LogP contribution in [0.2, 0.25) is 0 Å². The zero-order valence-corrected chi connectivity index (χ0v) is 9.21. The third-order valence-electron chi connectivity index (χ3n) is 2.20. The van der Waals surface area contributed by atoms with E-state index in [1.807, 2.05) is 24.3 Å². The molecular weight excluding hydrogens is 222 g/mol. The van der Waals surface area contributed by atoms with Crippen molar-refractivity contribution in [2.45, 2.75) is 6.42 Å². The Morgan fingerprint density at radius 2 is 2.12 bits per heavy atom. The van der Waals surface area contributed by atoms with Crippen molar-refractivity contribution in [3.8, 4) is 5.75 Å². The standard InChI is InChI=1S/C11H11N3O3/c1-16-8-4-2-7(3-5-8)6-9-13-11(10(12)15)17-14-9/h2-5H,6H2,1H3,(H2,12,15). The molecule has 1 aromatic heterocycles. The van der Waals surface area contributed by atoms with Crippen molar-refractivity contribution in [2.24, 2.45) is 5.73 Å². The van der Waals surface area contributed by atoms with Gasteiger partial charge in [0.2, 0.25) is 0 Å². The molecule has 0 unspecified atom stereocenters. The third-order valence-corrected chi connectivity index (χ3v) is 2.20. The topological polar surface area (TPSA) is 91.2 Å². The average molecular weight is 233 g/mol. The van der Waals surface area contributed by atoms with Gasteiger partial charge in [0, 0.05) is 6.42 Å². The molecule has 0 bridgehead atoms. The van der Waals surface area contributed by atoms with E-state index in [1.54, 1.807) is 7.11 Å². The van der Waals surface area contributed by atoms with Crippen molar-refractivity contribution < 1.29 is 14.1 Å². The number of rotatable bonds is 4. The van der Waals surface area contributed by atoms with Gasteiger partial charge in [-0.15, -0.1) is 0 Å². The molecule has 0 atom stereocenters. The highest BCUT2D eigenvalue weighted by atomic mass is 16.5. The van der Waals surface area contributed by atoms with Crippen molar-refractivity contribution >= 4 is 5.91 Å². The molecule has 1 aromatic carbocycles. The van der Waals surface area contributed by atoms with Crippen LogP contribution in [0.5, 0.6) is 5.75 Å². The van der Waals surface area contributed by atoms with Crippen LogP contribution in [-0.2, 0) is 6.42 Å². The molecule has 0 aliphatic carbocycles. The molecule has 17 heavy (non-hydrogen) atoms. The van der Waals surface area contributed by atoms with Gasteiger partial charge in [-0.05, 0) is 17.7 Å². The molecule has 0 fully saturated rings. The van der Waals surface area contributed by atoms with E-state index in [2.05, 4.69) is 14.7 Å². The van der Waals surface area contributed by atoms with Crippen molar-refractivity contribution in [3.63, 3.8) is 0 Å². The van der Waals surface area contributed by atoms with Crippen LogP contribution in [0, 0.1) is 0 Å². The number of aromatic nitrogens is 2. The van der Waals surface area contributed by atoms with Gasteiger partial charge in [0.15, 0.2) is 5.82 Å². The summed E-state index contributed by atoms with van der Waals surface area (Å²) in [5.41, 5.74) is 6.00. The number of benzene rings is 1. The number of primary amides is 1. The Hall–Kier alpha value is -2.37. The van der Waals surface area contributed by atoms with Gasteiger partial charge in [0.1, 0.15) is 5.75 Å². The lowest BCUT2D eigenvalue weighted by atomic mass is 10.1. The van der Waals surface area contributed by atoms with Gasteiger partial charge >= 0.3 is 11.8 Å². The molecule has 0 aliphatic rings. The van der Waals surface area contributed by atoms with E-state index in [0.29, 0.717) is 12.2 Å². The Kier molecular flexibility index (Phi) is 3.04. The Bertz CT molecular complexity index is 519. The number of nitrogens with zero attached hydrogens (tertiary/aromatic N) is 2. The van der Waals surface area contributed by atoms with Gasteiger partial charge in [-0.3, -0.25) is 4.79 Å². The minimum atomic E-state index is -0.724. The highest BCUT2D eigenvalue weighted by molar-refractivity contribution is 5.87. The summed E-state index contributed by atoms with van der Waals surface area (Å²) in [6.45, 7) is 0.